The summed E-state index contributed by atoms with van der Waals surface area (Å²) in [6.45, 7) is 1.14. The molecule has 0 radical (unpaired) electrons. The molecule has 0 bridgehead atoms. The fraction of sp³-hybridized carbons (Fsp3) is 0.222. The number of hydrogen-bond donors (Lipinski definition) is 0. The van der Waals surface area contributed by atoms with Crippen molar-refractivity contribution in [1.29, 1.82) is 0 Å². The molecule has 166 valence electrons. The Morgan fingerprint density at radius 1 is 1.00 bits per heavy atom. The molecule has 33 heavy (non-hydrogen) atoms. The predicted octanol–water partition coefficient (Wildman–Crippen LogP) is 5.29. The van der Waals surface area contributed by atoms with Crippen molar-refractivity contribution in [2.24, 2.45) is 0 Å². The van der Waals surface area contributed by atoms with E-state index >= 15 is 0 Å². The summed E-state index contributed by atoms with van der Waals surface area (Å²) in [5, 5.41) is 0.579. The Balaban J connectivity index is 1.61. The molecule has 0 N–H and O–H groups in total. The molecule has 2 atom stereocenters. The average Bonchev–Trinajstić information content (AvgIpc) is 3.39. The number of nitrogens with zero attached hydrogens (tertiary/aromatic N) is 2. The summed E-state index contributed by atoms with van der Waals surface area (Å²) in [4.78, 5) is 31.9. The first-order valence-corrected chi connectivity index (χ1v) is 12.0. The third-order valence-corrected chi connectivity index (χ3v) is 7.10. The first kappa shape index (κ1) is 21.6. The van der Waals surface area contributed by atoms with E-state index in [1.54, 1.807) is 10.6 Å². The van der Waals surface area contributed by atoms with Crippen LogP contribution in [-0.4, -0.2) is 28.0 Å². The van der Waals surface area contributed by atoms with Crippen LogP contribution in [0.25, 0.3) is 10.9 Å². The second-order valence-corrected chi connectivity index (χ2v) is 9.17. The monoisotopic (exact) mass is 456 g/mol. The molecular weight excluding hydrogens is 432 g/mol. The standard InChI is InChI=1S/C27H24N2O3S/c30-24(19-10-3-1-4-11-19)25(20-12-5-2-6-13-20)33-27-28-23-16-8-7-15-22(23)26(31)29(27)18-21-14-9-17-32-21/h1-8,10-13,15-16,21,25H,9,14,17-18H2/t21-,25-/m1/s1. The third kappa shape index (κ3) is 4.63. The topological polar surface area (TPSA) is 61.2 Å². The van der Waals surface area contributed by atoms with Gasteiger partial charge in [-0.1, -0.05) is 84.6 Å². The minimum Gasteiger partial charge on any atom is -0.376 e. The summed E-state index contributed by atoms with van der Waals surface area (Å²) in [5.41, 5.74) is 2.04. The lowest BCUT2D eigenvalue weighted by molar-refractivity contribution is 0.0937. The number of thioether (sulfide) groups is 1. The molecule has 0 saturated carbocycles. The van der Waals surface area contributed by atoms with Crippen LogP contribution in [-0.2, 0) is 11.3 Å². The molecule has 1 fully saturated rings. The zero-order chi connectivity index (χ0) is 22.6. The Hall–Kier alpha value is -3.22. The molecule has 1 aliphatic rings. The Labute approximate surface area is 196 Å². The molecule has 0 spiro atoms. The highest BCUT2D eigenvalue weighted by molar-refractivity contribution is 8.00. The highest BCUT2D eigenvalue weighted by Gasteiger charge is 2.27. The smallest absolute Gasteiger partial charge is 0.262 e. The van der Waals surface area contributed by atoms with Crippen molar-refractivity contribution in [2.45, 2.75) is 35.9 Å². The van der Waals surface area contributed by atoms with Crippen LogP contribution in [0.3, 0.4) is 0 Å². The minimum atomic E-state index is -0.530. The second-order valence-electron chi connectivity index (χ2n) is 8.10. The van der Waals surface area contributed by atoms with E-state index in [9.17, 15) is 9.59 Å². The summed E-state index contributed by atoms with van der Waals surface area (Å²) >= 11 is 1.33. The van der Waals surface area contributed by atoms with E-state index in [4.69, 9.17) is 9.72 Å². The van der Waals surface area contributed by atoms with Crippen LogP contribution in [0, 0.1) is 0 Å². The maximum atomic E-state index is 13.6. The van der Waals surface area contributed by atoms with Gasteiger partial charge in [0.05, 0.1) is 23.6 Å². The van der Waals surface area contributed by atoms with Crippen molar-refractivity contribution in [2.75, 3.05) is 6.61 Å². The maximum Gasteiger partial charge on any atom is 0.262 e. The fourth-order valence-electron chi connectivity index (χ4n) is 4.15. The number of hydrogen-bond acceptors (Lipinski definition) is 5. The number of rotatable bonds is 7. The van der Waals surface area contributed by atoms with Gasteiger partial charge in [0.15, 0.2) is 10.9 Å². The minimum absolute atomic E-state index is 0.0159. The molecule has 0 unspecified atom stereocenters. The van der Waals surface area contributed by atoms with Gasteiger partial charge in [-0.25, -0.2) is 4.98 Å². The van der Waals surface area contributed by atoms with Crippen molar-refractivity contribution in [3.8, 4) is 0 Å². The van der Waals surface area contributed by atoms with Gasteiger partial charge in [-0.3, -0.25) is 14.2 Å². The number of ketones is 1. The first-order chi connectivity index (χ1) is 16.2. The van der Waals surface area contributed by atoms with E-state index in [-0.39, 0.29) is 17.4 Å². The SMILES string of the molecule is O=C(c1ccccc1)[C@H](Sc1nc2ccccc2c(=O)n1C[C@H]1CCCO1)c1ccccc1. The van der Waals surface area contributed by atoms with E-state index in [1.807, 2.05) is 78.9 Å². The van der Waals surface area contributed by atoms with Gasteiger partial charge in [0.2, 0.25) is 0 Å². The second kappa shape index (κ2) is 9.73. The Bertz CT molecular complexity index is 1320. The van der Waals surface area contributed by atoms with Crippen LogP contribution in [0.15, 0.2) is 94.9 Å². The lowest BCUT2D eigenvalue weighted by Crippen LogP contribution is -2.29. The van der Waals surface area contributed by atoms with Gasteiger partial charge < -0.3 is 4.74 Å². The molecule has 0 amide bonds. The van der Waals surface area contributed by atoms with Crippen LogP contribution in [0.1, 0.15) is 34.0 Å². The Morgan fingerprint density at radius 3 is 2.42 bits per heavy atom. The van der Waals surface area contributed by atoms with Crippen LogP contribution in [0.2, 0.25) is 0 Å². The van der Waals surface area contributed by atoms with Crippen LogP contribution in [0.4, 0.5) is 0 Å². The number of aromatic nitrogens is 2. The van der Waals surface area contributed by atoms with Crippen molar-refractivity contribution in [1.82, 2.24) is 9.55 Å². The van der Waals surface area contributed by atoms with E-state index in [0.717, 1.165) is 18.4 Å². The molecule has 5 rings (SSSR count). The third-order valence-electron chi connectivity index (χ3n) is 5.86. The van der Waals surface area contributed by atoms with Crippen molar-refractivity contribution >= 4 is 28.4 Å². The highest BCUT2D eigenvalue weighted by Crippen LogP contribution is 2.37. The molecule has 1 aliphatic heterocycles. The van der Waals surface area contributed by atoms with Crippen molar-refractivity contribution in [3.63, 3.8) is 0 Å². The van der Waals surface area contributed by atoms with E-state index in [1.165, 1.54) is 11.8 Å². The number of ether oxygens (including phenoxy) is 1. The normalized spacial score (nSPS) is 16.7. The van der Waals surface area contributed by atoms with Gasteiger partial charge in [-0.15, -0.1) is 0 Å². The van der Waals surface area contributed by atoms with Crippen LogP contribution < -0.4 is 5.56 Å². The molecule has 6 heteroatoms. The van der Waals surface area contributed by atoms with E-state index < -0.39 is 5.25 Å². The Morgan fingerprint density at radius 2 is 1.70 bits per heavy atom. The number of carbonyl (C=O) groups excluding carboxylic acids is 1. The first-order valence-electron chi connectivity index (χ1n) is 11.1. The molecule has 5 nitrogen and oxygen atoms in total. The quantitative estimate of drug-likeness (QED) is 0.215. The number of carbonyl (C=O) groups is 1. The molecule has 2 heterocycles. The van der Waals surface area contributed by atoms with Gasteiger partial charge in [-0.05, 0) is 30.5 Å². The largest absolute Gasteiger partial charge is 0.376 e. The fourth-order valence-corrected chi connectivity index (χ4v) is 5.33. The van der Waals surface area contributed by atoms with Crippen molar-refractivity contribution in [3.05, 3.63) is 106 Å². The van der Waals surface area contributed by atoms with E-state index in [2.05, 4.69) is 0 Å². The molecule has 1 saturated heterocycles. The van der Waals surface area contributed by atoms with Gasteiger partial charge in [-0.2, -0.15) is 0 Å². The van der Waals surface area contributed by atoms with Gasteiger partial charge in [0, 0.05) is 12.2 Å². The number of para-hydroxylation sites is 1. The predicted molar refractivity (Wildman–Crippen MR) is 131 cm³/mol. The van der Waals surface area contributed by atoms with Crippen LogP contribution in [0.5, 0.6) is 0 Å². The zero-order valence-corrected chi connectivity index (χ0v) is 18.9. The number of benzene rings is 3. The zero-order valence-electron chi connectivity index (χ0n) is 18.1. The van der Waals surface area contributed by atoms with E-state index in [0.29, 0.717) is 34.8 Å². The van der Waals surface area contributed by atoms with Gasteiger partial charge in [0.25, 0.3) is 5.56 Å². The maximum absolute atomic E-state index is 13.6. The molecule has 1 aromatic heterocycles. The number of Topliss-reactive ketones (excluding diaryl/α,β-unsaturated/α-hetero) is 1. The van der Waals surface area contributed by atoms with Crippen molar-refractivity contribution < 1.29 is 9.53 Å². The molecular formula is C27H24N2O3S. The highest BCUT2D eigenvalue weighted by atomic mass is 32.2. The van der Waals surface area contributed by atoms with Gasteiger partial charge in [0.1, 0.15) is 5.25 Å². The summed E-state index contributed by atoms with van der Waals surface area (Å²) in [6, 6.07) is 26.3. The average molecular weight is 457 g/mol. The summed E-state index contributed by atoms with van der Waals surface area (Å²) in [6.07, 6.45) is 1.88. The van der Waals surface area contributed by atoms with Crippen LogP contribution >= 0.6 is 11.8 Å². The molecule has 3 aromatic carbocycles. The molecule has 0 aliphatic carbocycles. The Kier molecular flexibility index (Phi) is 6.37. The lowest BCUT2D eigenvalue weighted by Gasteiger charge is -2.20. The summed E-state index contributed by atoms with van der Waals surface area (Å²) in [7, 11) is 0. The molecule has 4 aromatic rings. The van der Waals surface area contributed by atoms with Gasteiger partial charge >= 0.3 is 0 Å². The summed E-state index contributed by atoms with van der Waals surface area (Å²) < 4.78 is 7.51. The number of fused-ring (bicyclic) bond motifs is 1. The lowest BCUT2D eigenvalue weighted by atomic mass is 10.0. The summed E-state index contributed by atoms with van der Waals surface area (Å²) in [5.74, 6) is -0.0159.